The normalized spacial score (nSPS) is 23.9. The van der Waals surface area contributed by atoms with Gasteiger partial charge in [-0.15, -0.1) is 11.8 Å². The van der Waals surface area contributed by atoms with Crippen LogP contribution in [0.3, 0.4) is 0 Å². The Morgan fingerprint density at radius 3 is 3.09 bits per heavy atom. The van der Waals surface area contributed by atoms with Crippen LogP contribution in [0.2, 0.25) is 0 Å². The number of fused-ring (bicyclic) bond motifs is 2. The third-order valence-electron chi connectivity index (χ3n) is 4.18. The van der Waals surface area contributed by atoms with E-state index in [-0.39, 0.29) is 17.0 Å². The second-order valence-electron chi connectivity index (χ2n) is 5.62. The quantitative estimate of drug-likeness (QED) is 0.543. The van der Waals surface area contributed by atoms with Crippen molar-refractivity contribution in [2.24, 2.45) is 5.73 Å². The molecule has 4 aliphatic rings. The fourth-order valence-corrected chi connectivity index (χ4v) is 4.31. The predicted octanol–water partition coefficient (Wildman–Crippen LogP) is -1.55. The Balaban J connectivity index is 1.70. The van der Waals surface area contributed by atoms with Gasteiger partial charge in [-0.25, -0.2) is 0 Å². The number of amides is 1. The highest BCUT2D eigenvalue weighted by atomic mass is 32.2. The topological polar surface area (TPSA) is 95.3 Å². The largest absolute Gasteiger partial charge is 0.543 e. The average molecular weight is 330 g/mol. The number of hydrogen-bond acceptors (Lipinski definition) is 5. The Hall–Kier alpha value is -2.32. The lowest BCUT2D eigenvalue weighted by molar-refractivity contribution is -0.593. The van der Waals surface area contributed by atoms with Crippen LogP contribution in [0, 0.1) is 0 Å². The van der Waals surface area contributed by atoms with Crippen LogP contribution >= 0.6 is 11.8 Å². The van der Waals surface area contributed by atoms with Crippen LogP contribution in [0.4, 0.5) is 0 Å². The van der Waals surface area contributed by atoms with E-state index >= 15 is 0 Å². The zero-order valence-corrected chi connectivity index (χ0v) is 12.9. The molecule has 0 bridgehead atoms. The highest BCUT2D eigenvalue weighted by Gasteiger charge is 2.50. The summed E-state index contributed by atoms with van der Waals surface area (Å²) >= 11 is 1.49. The van der Waals surface area contributed by atoms with Crippen molar-refractivity contribution in [2.75, 3.05) is 5.75 Å². The lowest BCUT2D eigenvalue weighted by Gasteiger charge is -2.49. The van der Waals surface area contributed by atoms with Gasteiger partial charge in [0.25, 0.3) is 0 Å². The van der Waals surface area contributed by atoms with Crippen LogP contribution in [0.25, 0.3) is 5.69 Å². The molecular formula is C15H14N4O3S. The van der Waals surface area contributed by atoms with Gasteiger partial charge in [-0.3, -0.25) is 9.69 Å². The van der Waals surface area contributed by atoms with Crippen molar-refractivity contribution in [1.82, 2.24) is 9.47 Å². The molecule has 2 atom stereocenters. The van der Waals surface area contributed by atoms with Gasteiger partial charge in [0.2, 0.25) is 11.6 Å². The molecule has 4 aliphatic heterocycles. The van der Waals surface area contributed by atoms with Crippen molar-refractivity contribution in [1.29, 1.82) is 0 Å². The molecule has 0 aromatic heterocycles. The summed E-state index contributed by atoms with van der Waals surface area (Å²) < 4.78 is 3.87. The molecule has 0 aromatic rings. The van der Waals surface area contributed by atoms with Crippen molar-refractivity contribution in [3.63, 3.8) is 0 Å². The van der Waals surface area contributed by atoms with E-state index in [0.717, 1.165) is 5.69 Å². The summed E-state index contributed by atoms with van der Waals surface area (Å²) in [5, 5.41) is 11.2. The van der Waals surface area contributed by atoms with Gasteiger partial charge in [0.15, 0.2) is 12.4 Å². The van der Waals surface area contributed by atoms with Crippen LogP contribution in [0.15, 0.2) is 48.2 Å². The van der Waals surface area contributed by atoms with Crippen LogP contribution in [0.5, 0.6) is 0 Å². The van der Waals surface area contributed by atoms with Gasteiger partial charge in [0.1, 0.15) is 11.4 Å². The van der Waals surface area contributed by atoms with Gasteiger partial charge in [0.05, 0.1) is 24.1 Å². The van der Waals surface area contributed by atoms with Gasteiger partial charge in [-0.2, -0.15) is 4.57 Å². The Bertz CT molecular complexity index is 815. The molecule has 0 radical (unpaired) electrons. The molecule has 1 amide bonds. The highest BCUT2D eigenvalue weighted by molar-refractivity contribution is 8.00. The number of aliphatic carboxylic acids is 1. The van der Waals surface area contributed by atoms with E-state index in [1.165, 1.54) is 16.7 Å². The van der Waals surface area contributed by atoms with Crippen molar-refractivity contribution >= 4 is 23.6 Å². The van der Waals surface area contributed by atoms with Gasteiger partial charge >= 0.3 is 0 Å². The molecular weight excluding hydrogens is 316 g/mol. The van der Waals surface area contributed by atoms with Crippen molar-refractivity contribution < 1.29 is 19.3 Å². The number of thioether (sulfide) groups is 1. The van der Waals surface area contributed by atoms with Crippen LogP contribution in [0.1, 0.15) is 0 Å². The third kappa shape index (κ3) is 2.13. The van der Waals surface area contributed by atoms with Crippen molar-refractivity contribution in [3.05, 3.63) is 48.2 Å². The molecule has 0 aliphatic carbocycles. The lowest BCUT2D eigenvalue weighted by Crippen LogP contribution is -2.69. The number of aromatic nitrogens is 2. The van der Waals surface area contributed by atoms with Crippen LogP contribution < -0.4 is 15.4 Å². The molecule has 0 spiro atoms. The van der Waals surface area contributed by atoms with E-state index in [0.29, 0.717) is 17.9 Å². The maximum atomic E-state index is 11.9. The number of β-lactam (4-membered cyclic amide) rings is 1. The second kappa shape index (κ2) is 5.10. The number of nitrogens with zero attached hydrogens (tertiary/aromatic N) is 3. The molecule has 2 N–H and O–H groups in total. The summed E-state index contributed by atoms with van der Waals surface area (Å²) in [6, 6.07) is 3.28. The first-order valence-electron chi connectivity index (χ1n) is 7.15. The summed E-state index contributed by atoms with van der Waals surface area (Å²) in [4.78, 5) is 24.7. The minimum atomic E-state index is -1.32. The van der Waals surface area contributed by atoms with Gasteiger partial charge in [0, 0.05) is 24.4 Å². The van der Waals surface area contributed by atoms with E-state index < -0.39 is 12.0 Å². The highest BCUT2D eigenvalue weighted by Crippen LogP contribution is 2.39. The van der Waals surface area contributed by atoms with E-state index in [4.69, 9.17) is 5.73 Å². The zero-order chi connectivity index (χ0) is 16.1. The molecule has 0 aromatic carbocycles. The molecule has 4 heterocycles. The number of carboxylic acids is 1. The van der Waals surface area contributed by atoms with Crippen LogP contribution in [-0.4, -0.2) is 38.5 Å². The number of rotatable bonds is 3. The number of hydrogen-bond donors (Lipinski definition) is 1. The molecule has 1 fully saturated rings. The number of carbonyl (C=O) groups excluding carboxylic acids is 2. The molecule has 0 saturated carbocycles. The molecule has 118 valence electrons. The first kappa shape index (κ1) is 14.3. The Morgan fingerprint density at radius 2 is 2.30 bits per heavy atom. The van der Waals surface area contributed by atoms with E-state index in [2.05, 4.69) is 0 Å². The van der Waals surface area contributed by atoms with E-state index in [9.17, 15) is 14.7 Å². The fourth-order valence-electron chi connectivity index (χ4n) is 3.03. The molecule has 23 heavy (non-hydrogen) atoms. The third-order valence-corrected chi connectivity index (χ3v) is 5.54. The summed E-state index contributed by atoms with van der Waals surface area (Å²) in [5.74, 6) is -1.16. The van der Waals surface area contributed by atoms with Gasteiger partial charge < -0.3 is 20.2 Å². The zero-order valence-electron chi connectivity index (χ0n) is 12.1. The molecule has 7 nitrogen and oxygen atoms in total. The Morgan fingerprint density at radius 1 is 1.48 bits per heavy atom. The number of carboxylic acid groups (broad SMARTS) is 1. The Labute approximate surface area is 136 Å². The Kier molecular flexibility index (Phi) is 3.17. The lowest BCUT2D eigenvalue weighted by atomic mass is 10.0. The number of nitrogens with two attached hydrogens (primary N) is 1. The molecule has 8 heteroatoms. The molecule has 1 unspecified atom stereocenters. The van der Waals surface area contributed by atoms with Crippen molar-refractivity contribution in [3.8, 4) is 5.69 Å². The predicted molar refractivity (Wildman–Crippen MR) is 80.3 cm³/mol. The summed E-state index contributed by atoms with van der Waals surface area (Å²) in [6.07, 6.45) is 7.64. The summed E-state index contributed by atoms with van der Waals surface area (Å²) in [5.41, 5.74) is 7.37. The summed E-state index contributed by atoms with van der Waals surface area (Å²) in [6.45, 7) is 0.393. The second-order valence-corrected chi connectivity index (χ2v) is 6.72. The average Bonchev–Trinajstić information content (AvgIpc) is 3.01. The van der Waals surface area contributed by atoms with Gasteiger partial charge in [-0.05, 0) is 5.57 Å². The van der Waals surface area contributed by atoms with Gasteiger partial charge in [-0.1, -0.05) is 0 Å². The maximum absolute atomic E-state index is 11.9. The maximum Gasteiger partial charge on any atom is 0.248 e. The smallest absolute Gasteiger partial charge is 0.248 e. The minimum absolute atomic E-state index is 0.0248. The van der Waals surface area contributed by atoms with E-state index in [1.807, 2.05) is 46.1 Å². The van der Waals surface area contributed by atoms with E-state index in [1.54, 1.807) is 0 Å². The summed E-state index contributed by atoms with van der Waals surface area (Å²) in [7, 11) is 0. The fraction of sp³-hybridized carbons (Fsp3) is 0.267. The SMILES string of the molecule is NC1C(=O)N2C(C(=O)[O-])=C(Cn3cc[n+]4cccc-4c3)CS[C@@H]12. The van der Waals surface area contributed by atoms with Crippen LogP contribution in [-0.2, 0) is 16.1 Å². The monoisotopic (exact) mass is 330 g/mol. The standard InChI is InChI=1S/C15H14N4O3S/c16-11-13(20)19-12(15(21)22)9(8-23-14(11)19)6-17-4-5-18-3-1-2-10(18)7-17/h1-5,7,11,14H,6,8,16H2/t11?,14-/m0/s1. The molecule has 4 rings (SSSR count). The number of carbonyl (C=O) groups is 2. The first-order valence-corrected chi connectivity index (χ1v) is 8.20. The first-order chi connectivity index (χ1) is 11.1. The minimum Gasteiger partial charge on any atom is -0.543 e. The van der Waals surface area contributed by atoms with Crippen molar-refractivity contribution in [2.45, 2.75) is 18.0 Å². The molecule has 1 saturated heterocycles.